The summed E-state index contributed by atoms with van der Waals surface area (Å²) in [7, 11) is 1.71. The summed E-state index contributed by atoms with van der Waals surface area (Å²) in [5.41, 5.74) is 1.97. The van der Waals surface area contributed by atoms with E-state index in [9.17, 15) is 4.79 Å². The van der Waals surface area contributed by atoms with Crippen molar-refractivity contribution in [1.82, 2.24) is 4.90 Å². The van der Waals surface area contributed by atoms with Gasteiger partial charge in [-0.3, -0.25) is 4.79 Å². The molecule has 0 unspecified atom stereocenters. The van der Waals surface area contributed by atoms with Gasteiger partial charge in [0.15, 0.2) is 11.5 Å². The second kappa shape index (κ2) is 6.81. The molecule has 1 heterocycles. The second-order valence-corrected chi connectivity index (χ2v) is 5.86. The van der Waals surface area contributed by atoms with E-state index < -0.39 is 0 Å². The summed E-state index contributed by atoms with van der Waals surface area (Å²) in [5, 5.41) is 9.18. The number of hydrogen-bond acceptors (Lipinski definition) is 4. The Morgan fingerprint density at radius 1 is 1.25 bits per heavy atom. The van der Waals surface area contributed by atoms with Gasteiger partial charge >= 0.3 is 0 Å². The Kier molecular flexibility index (Phi) is 4.59. The third-order valence-electron chi connectivity index (χ3n) is 3.69. The van der Waals surface area contributed by atoms with Crippen LogP contribution in [0.3, 0.4) is 0 Å². The van der Waals surface area contributed by atoms with Gasteiger partial charge < -0.3 is 14.4 Å². The van der Waals surface area contributed by atoms with Gasteiger partial charge in [-0.25, -0.2) is 0 Å². The van der Waals surface area contributed by atoms with Gasteiger partial charge in [-0.05, 0) is 29.8 Å². The lowest BCUT2D eigenvalue weighted by Crippen LogP contribution is -2.26. The van der Waals surface area contributed by atoms with Crippen molar-refractivity contribution in [2.24, 2.45) is 0 Å². The van der Waals surface area contributed by atoms with Crippen molar-refractivity contribution in [3.8, 4) is 17.6 Å². The highest BCUT2D eigenvalue weighted by Gasteiger charge is 2.21. The van der Waals surface area contributed by atoms with E-state index in [1.807, 2.05) is 12.1 Å². The van der Waals surface area contributed by atoms with E-state index in [1.54, 1.807) is 36.2 Å². The molecule has 1 amide bonds. The molecule has 1 aliphatic heterocycles. The first-order valence-electron chi connectivity index (χ1n) is 7.42. The lowest BCUT2D eigenvalue weighted by atomic mass is 10.1. The molecule has 6 heteroatoms. The Morgan fingerprint density at radius 2 is 1.96 bits per heavy atom. The highest BCUT2D eigenvalue weighted by molar-refractivity contribution is 6.32. The number of carbonyl (C=O) groups is 1. The van der Waals surface area contributed by atoms with Crippen molar-refractivity contribution in [2.75, 3.05) is 20.3 Å². The Morgan fingerprint density at radius 3 is 2.67 bits per heavy atom. The minimum absolute atomic E-state index is 0.168. The number of nitriles is 1. The van der Waals surface area contributed by atoms with Crippen LogP contribution >= 0.6 is 11.6 Å². The summed E-state index contributed by atoms with van der Waals surface area (Å²) in [4.78, 5) is 14.2. The van der Waals surface area contributed by atoms with Gasteiger partial charge in [-0.2, -0.15) is 5.26 Å². The summed E-state index contributed by atoms with van der Waals surface area (Å²) >= 11 is 6.18. The van der Waals surface area contributed by atoms with Gasteiger partial charge in [0.1, 0.15) is 13.2 Å². The maximum absolute atomic E-state index is 12.6. The average molecular weight is 343 g/mol. The number of halogens is 1. The summed E-state index contributed by atoms with van der Waals surface area (Å²) in [6, 6.07) is 12.4. The fourth-order valence-corrected chi connectivity index (χ4v) is 2.75. The molecular weight excluding hydrogens is 328 g/mol. The summed E-state index contributed by atoms with van der Waals surface area (Å²) in [5.74, 6) is 0.802. The van der Waals surface area contributed by atoms with E-state index in [1.165, 1.54) is 0 Å². The molecule has 0 radical (unpaired) electrons. The van der Waals surface area contributed by atoms with Crippen LogP contribution in [0.4, 0.5) is 0 Å². The van der Waals surface area contributed by atoms with Crippen molar-refractivity contribution in [3.63, 3.8) is 0 Å². The number of ether oxygens (including phenoxy) is 2. The molecule has 122 valence electrons. The number of fused-ring (bicyclic) bond motifs is 1. The molecule has 24 heavy (non-hydrogen) atoms. The molecule has 0 aliphatic carbocycles. The molecular formula is C18H15ClN2O3. The molecule has 2 aromatic carbocycles. The average Bonchev–Trinajstić information content (AvgIpc) is 2.61. The van der Waals surface area contributed by atoms with Crippen LogP contribution < -0.4 is 9.47 Å². The maximum Gasteiger partial charge on any atom is 0.254 e. The standard InChI is InChI=1S/C18H15ClN2O3/c1-21(11-13-4-2-12(10-20)3-5-13)18(22)14-8-15(19)17-16(9-14)23-6-7-24-17/h2-5,8-9H,6-7,11H2,1H3. The first kappa shape index (κ1) is 16.2. The quantitative estimate of drug-likeness (QED) is 0.859. The van der Waals surface area contributed by atoms with Crippen molar-refractivity contribution >= 4 is 17.5 Å². The fourth-order valence-electron chi connectivity index (χ4n) is 2.49. The second-order valence-electron chi connectivity index (χ2n) is 5.45. The van der Waals surface area contributed by atoms with Crippen molar-refractivity contribution in [1.29, 1.82) is 5.26 Å². The van der Waals surface area contributed by atoms with E-state index >= 15 is 0 Å². The minimum Gasteiger partial charge on any atom is -0.486 e. The van der Waals surface area contributed by atoms with E-state index in [2.05, 4.69) is 6.07 Å². The number of amides is 1. The van der Waals surface area contributed by atoms with Crippen LogP contribution in [0.15, 0.2) is 36.4 Å². The molecule has 3 rings (SSSR count). The van der Waals surface area contributed by atoms with E-state index in [-0.39, 0.29) is 5.91 Å². The molecule has 0 aromatic heterocycles. The molecule has 0 spiro atoms. The predicted octanol–water partition coefficient (Wildman–Crippen LogP) is 3.26. The molecule has 0 atom stereocenters. The van der Waals surface area contributed by atoms with E-state index in [0.29, 0.717) is 47.4 Å². The van der Waals surface area contributed by atoms with Crippen LogP contribution in [0.1, 0.15) is 21.5 Å². The SMILES string of the molecule is CN(Cc1ccc(C#N)cc1)C(=O)c1cc(Cl)c2c(c1)OCCO2. The van der Waals surface area contributed by atoms with Crippen LogP contribution in [-0.4, -0.2) is 31.1 Å². The maximum atomic E-state index is 12.6. The third-order valence-corrected chi connectivity index (χ3v) is 3.97. The van der Waals surface area contributed by atoms with Gasteiger partial charge in [0.05, 0.1) is 16.7 Å². The number of rotatable bonds is 3. The molecule has 0 fully saturated rings. The highest BCUT2D eigenvalue weighted by atomic mass is 35.5. The molecule has 0 bridgehead atoms. The minimum atomic E-state index is -0.168. The zero-order valence-corrected chi connectivity index (χ0v) is 13.8. The van der Waals surface area contributed by atoms with Gasteiger partial charge in [-0.1, -0.05) is 23.7 Å². The van der Waals surface area contributed by atoms with Crippen molar-refractivity contribution < 1.29 is 14.3 Å². The molecule has 0 N–H and O–H groups in total. The number of carbonyl (C=O) groups excluding carboxylic acids is 1. The first-order chi connectivity index (χ1) is 11.6. The zero-order valence-electron chi connectivity index (χ0n) is 13.1. The summed E-state index contributed by atoms with van der Waals surface area (Å²) < 4.78 is 11.0. The largest absolute Gasteiger partial charge is 0.486 e. The van der Waals surface area contributed by atoms with E-state index in [4.69, 9.17) is 26.3 Å². The first-order valence-corrected chi connectivity index (χ1v) is 7.80. The van der Waals surface area contributed by atoms with Crippen molar-refractivity contribution in [2.45, 2.75) is 6.54 Å². The lowest BCUT2D eigenvalue weighted by Gasteiger charge is -2.22. The number of nitrogens with zero attached hydrogens (tertiary/aromatic N) is 2. The zero-order chi connectivity index (χ0) is 17.1. The Bertz CT molecular complexity index is 812. The lowest BCUT2D eigenvalue weighted by molar-refractivity contribution is 0.0784. The van der Waals surface area contributed by atoms with Crippen molar-refractivity contribution in [3.05, 3.63) is 58.1 Å². The normalized spacial score (nSPS) is 12.4. The van der Waals surface area contributed by atoms with Gasteiger partial charge in [0.2, 0.25) is 0 Å². The summed E-state index contributed by atoms with van der Waals surface area (Å²) in [6.07, 6.45) is 0. The Hall–Kier alpha value is -2.71. The monoisotopic (exact) mass is 342 g/mol. The Balaban J connectivity index is 1.78. The predicted molar refractivity (Wildman–Crippen MR) is 89.4 cm³/mol. The fraction of sp³-hybridized carbons (Fsp3) is 0.222. The summed E-state index contributed by atoms with van der Waals surface area (Å²) in [6.45, 7) is 1.30. The van der Waals surface area contributed by atoms with E-state index in [0.717, 1.165) is 5.56 Å². The molecule has 0 saturated carbocycles. The van der Waals surface area contributed by atoms with Crippen LogP contribution in [0.5, 0.6) is 11.5 Å². The van der Waals surface area contributed by atoms with Gasteiger partial charge in [-0.15, -0.1) is 0 Å². The molecule has 0 saturated heterocycles. The van der Waals surface area contributed by atoms with Gasteiger partial charge in [0, 0.05) is 19.2 Å². The highest BCUT2D eigenvalue weighted by Crippen LogP contribution is 2.38. The van der Waals surface area contributed by atoms with Crippen LogP contribution in [0, 0.1) is 11.3 Å². The van der Waals surface area contributed by atoms with Crippen LogP contribution in [-0.2, 0) is 6.54 Å². The third kappa shape index (κ3) is 3.29. The number of benzene rings is 2. The van der Waals surface area contributed by atoms with Crippen LogP contribution in [0.25, 0.3) is 0 Å². The van der Waals surface area contributed by atoms with Crippen LogP contribution in [0.2, 0.25) is 5.02 Å². The Labute approximate surface area is 145 Å². The smallest absolute Gasteiger partial charge is 0.254 e. The molecule has 5 nitrogen and oxygen atoms in total. The number of hydrogen-bond donors (Lipinski definition) is 0. The van der Waals surface area contributed by atoms with Gasteiger partial charge in [0.25, 0.3) is 5.91 Å². The molecule has 2 aromatic rings. The topological polar surface area (TPSA) is 62.6 Å². The molecule has 1 aliphatic rings.